The largest absolute Gasteiger partial charge is 0.0713 e. The minimum Gasteiger partial charge on any atom is -0.0622 e. The van der Waals surface area contributed by atoms with Crippen molar-refractivity contribution in [2.24, 2.45) is 0 Å². The molecule has 0 amide bonds. The Labute approximate surface area is 189 Å². The molecule has 0 saturated heterocycles. The van der Waals surface area contributed by atoms with Crippen LogP contribution in [0.3, 0.4) is 0 Å². The van der Waals surface area contributed by atoms with E-state index in [1.165, 1.54) is 50.1 Å². The highest BCUT2D eigenvalue weighted by molar-refractivity contribution is 5.88. The van der Waals surface area contributed by atoms with E-state index in [1.54, 1.807) is 0 Å². The number of fused-ring (bicyclic) bond motifs is 3. The second-order valence-corrected chi connectivity index (χ2v) is 8.60. The summed E-state index contributed by atoms with van der Waals surface area (Å²) in [7, 11) is 0. The highest BCUT2D eigenvalue weighted by Crippen LogP contribution is 2.56. The van der Waals surface area contributed by atoms with Gasteiger partial charge in [-0.15, -0.1) is 0 Å². The molecule has 0 heterocycles. The SMILES string of the molecule is Cc1ccccc1-c1ccc2c(c1)C(c1ccccc1)(c1ccccc1)c1ccccc1-2. The molecule has 1 aliphatic rings. The molecule has 32 heavy (non-hydrogen) atoms. The first-order chi connectivity index (χ1) is 15.8. The molecule has 0 radical (unpaired) electrons. The standard InChI is InChI=1S/C32H24/c1-23-12-8-9-17-27(23)24-20-21-29-28-18-10-11-19-30(28)32(31(29)22-24,25-13-4-2-5-14-25)26-15-6-3-7-16-26/h2-22H,1H3. The zero-order valence-electron chi connectivity index (χ0n) is 18.1. The van der Waals surface area contributed by atoms with Crippen molar-refractivity contribution in [2.45, 2.75) is 12.3 Å². The Hall–Kier alpha value is -3.90. The van der Waals surface area contributed by atoms with Crippen LogP contribution in [0.5, 0.6) is 0 Å². The van der Waals surface area contributed by atoms with Crippen molar-refractivity contribution in [2.75, 3.05) is 0 Å². The van der Waals surface area contributed by atoms with E-state index in [9.17, 15) is 0 Å². The molecule has 0 unspecified atom stereocenters. The number of hydrogen-bond donors (Lipinski definition) is 0. The third kappa shape index (κ3) is 2.63. The number of aryl methyl sites for hydroxylation is 1. The summed E-state index contributed by atoms with van der Waals surface area (Å²) in [6.07, 6.45) is 0. The third-order valence-electron chi connectivity index (χ3n) is 6.91. The van der Waals surface area contributed by atoms with Gasteiger partial charge >= 0.3 is 0 Å². The van der Waals surface area contributed by atoms with Crippen molar-refractivity contribution in [3.63, 3.8) is 0 Å². The van der Waals surface area contributed by atoms with Crippen LogP contribution in [0.1, 0.15) is 27.8 Å². The van der Waals surface area contributed by atoms with Crippen LogP contribution in [0.2, 0.25) is 0 Å². The fourth-order valence-corrected chi connectivity index (χ4v) is 5.51. The molecule has 0 nitrogen and oxygen atoms in total. The van der Waals surface area contributed by atoms with Crippen LogP contribution < -0.4 is 0 Å². The van der Waals surface area contributed by atoms with Crippen LogP contribution in [-0.4, -0.2) is 0 Å². The number of benzene rings is 5. The zero-order valence-corrected chi connectivity index (χ0v) is 18.1. The molecule has 0 bridgehead atoms. The van der Waals surface area contributed by atoms with Gasteiger partial charge in [0, 0.05) is 0 Å². The summed E-state index contributed by atoms with van der Waals surface area (Å²) < 4.78 is 0. The lowest BCUT2D eigenvalue weighted by atomic mass is 9.67. The van der Waals surface area contributed by atoms with Gasteiger partial charge in [0.05, 0.1) is 5.41 Å². The maximum atomic E-state index is 2.43. The Bertz CT molecular complexity index is 1370. The molecule has 6 rings (SSSR count). The highest BCUT2D eigenvalue weighted by Gasteiger charge is 2.45. The monoisotopic (exact) mass is 408 g/mol. The van der Waals surface area contributed by atoms with Gasteiger partial charge < -0.3 is 0 Å². The van der Waals surface area contributed by atoms with E-state index in [4.69, 9.17) is 0 Å². The fraction of sp³-hybridized carbons (Fsp3) is 0.0625. The summed E-state index contributed by atoms with van der Waals surface area (Å²) in [5, 5.41) is 0. The van der Waals surface area contributed by atoms with Crippen LogP contribution in [0.4, 0.5) is 0 Å². The molecule has 0 aliphatic heterocycles. The molecule has 1 aliphatic carbocycles. The third-order valence-corrected chi connectivity index (χ3v) is 6.91. The molecule has 0 spiro atoms. The van der Waals surface area contributed by atoms with Crippen LogP contribution in [0, 0.1) is 6.92 Å². The smallest absolute Gasteiger partial charge is 0.0622 e. The topological polar surface area (TPSA) is 0 Å². The van der Waals surface area contributed by atoms with Gasteiger partial charge in [-0.25, -0.2) is 0 Å². The predicted molar refractivity (Wildman–Crippen MR) is 134 cm³/mol. The van der Waals surface area contributed by atoms with Crippen molar-refractivity contribution < 1.29 is 0 Å². The van der Waals surface area contributed by atoms with E-state index in [0.717, 1.165) is 0 Å². The van der Waals surface area contributed by atoms with Gasteiger partial charge in [0.25, 0.3) is 0 Å². The zero-order chi connectivity index (χ0) is 21.5. The van der Waals surface area contributed by atoms with E-state index < -0.39 is 0 Å². The van der Waals surface area contributed by atoms with Crippen molar-refractivity contribution in [1.29, 1.82) is 0 Å². The molecule has 0 aromatic heterocycles. The van der Waals surface area contributed by atoms with E-state index in [0.29, 0.717) is 0 Å². The summed E-state index contributed by atoms with van der Waals surface area (Å²) in [6, 6.07) is 46.6. The first-order valence-electron chi connectivity index (χ1n) is 11.2. The van der Waals surface area contributed by atoms with Crippen molar-refractivity contribution >= 4 is 0 Å². The van der Waals surface area contributed by atoms with Crippen LogP contribution in [-0.2, 0) is 5.41 Å². The van der Waals surface area contributed by atoms with E-state index in [-0.39, 0.29) is 5.41 Å². The molecule has 5 aromatic rings. The van der Waals surface area contributed by atoms with Gasteiger partial charge in [-0.2, -0.15) is 0 Å². The average molecular weight is 409 g/mol. The first-order valence-corrected chi connectivity index (χ1v) is 11.2. The summed E-state index contributed by atoms with van der Waals surface area (Å²) >= 11 is 0. The van der Waals surface area contributed by atoms with E-state index in [1.807, 2.05) is 0 Å². The second-order valence-electron chi connectivity index (χ2n) is 8.60. The normalized spacial score (nSPS) is 13.4. The molecule has 0 heteroatoms. The molecular formula is C32H24. The van der Waals surface area contributed by atoms with E-state index >= 15 is 0 Å². The minimum atomic E-state index is -0.340. The summed E-state index contributed by atoms with van der Waals surface area (Å²) in [6.45, 7) is 2.19. The molecule has 0 atom stereocenters. The summed E-state index contributed by atoms with van der Waals surface area (Å²) in [5.74, 6) is 0. The quantitative estimate of drug-likeness (QED) is 0.278. The van der Waals surface area contributed by atoms with E-state index in [2.05, 4.69) is 134 Å². The van der Waals surface area contributed by atoms with Gasteiger partial charge in [-0.1, -0.05) is 121 Å². The van der Waals surface area contributed by atoms with Crippen molar-refractivity contribution in [1.82, 2.24) is 0 Å². The predicted octanol–water partition coefficient (Wildman–Crippen LogP) is 8.03. The molecule has 0 fully saturated rings. The molecular weight excluding hydrogens is 384 g/mol. The first kappa shape index (κ1) is 18.8. The van der Waals surface area contributed by atoms with Crippen LogP contribution in [0.15, 0.2) is 127 Å². The molecule has 0 N–H and O–H groups in total. The Morgan fingerprint density at radius 3 is 1.62 bits per heavy atom. The fourth-order valence-electron chi connectivity index (χ4n) is 5.51. The van der Waals surface area contributed by atoms with Crippen LogP contribution >= 0.6 is 0 Å². The average Bonchev–Trinajstić information content (AvgIpc) is 3.16. The molecule has 0 saturated carbocycles. The Morgan fingerprint density at radius 1 is 0.438 bits per heavy atom. The number of rotatable bonds is 3. The second kappa shape index (κ2) is 7.35. The van der Waals surface area contributed by atoms with Crippen LogP contribution in [0.25, 0.3) is 22.3 Å². The van der Waals surface area contributed by atoms with Gasteiger partial charge in [-0.05, 0) is 63.1 Å². The van der Waals surface area contributed by atoms with Crippen molar-refractivity contribution in [3.05, 3.63) is 155 Å². The lowest BCUT2D eigenvalue weighted by Gasteiger charge is -2.34. The maximum absolute atomic E-state index is 2.43. The minimum absolute atomic E-state index is 0.340. The Morgan fingerprint density at radius 2 is 0.969 bits per heavy atom. The highest BCUT2D eigenvalue weighted by atomic mass is 14.5. The summed E-state index contributed by atoms with van der Waals surface area (Å²) in [4.78, 5) is 0. The summed E-state index contributed by atoms with van der Waals surface area (Å²) in [5.41, 5.74) is 11.5. The Balaban J connectivity index is 1.74. The van der Waals surface area contributed by atoms with Gasteiger partial charge in [0.2, 0.25) is 0 Å². The van der Waals surface area contributed by atoms with Gasteiger partial charge in [0.15, 0.2) is 0 Å². The molecule has 152 valence electrons. The van der Waals surface area contributed by atoms with Gasteiger partial charge in [-0.3, -0.25) is 0 Å². The van der Waals surface area contributed by atoms with Crippen molar-refractivity contribution in [3.8, 4) is 22.3 Å². The maximum Gasteiger partial charge on any atom is 0.0713 e. The lowest BCUT2D eigenvalue weighted by molar-refractivity contribution is 0.769. The number of hydrogen-bond acceptors (Lipinski definition) is 0. The molecule has 5 aromatic carbocycles. The Kier molecular flexibility index (Phi) is 4.33. The lowest BCUT2D eigenvalue weighted by Crippen LogP contribution is -2.28. The van der Waals surface area contributed by atoms with Gasteiger partial charge in [0.1, 0.15) is 0 Å².